The maximum Gasteiger partial charge on any atom is 0.314 e. The van der Waals surface area contributed by atoms with E-state index in [2.05, 4.69) is 35.3 Å². The van der Waals surface area contributed by atoms with E-state index < -0.39 is 12.3 Å². The average Bonchev–Trinajstić information content (AvgIpc) is 3.22. The minimum atomic E-state index is -2.78. The van der Waals surface area contributed by atoms with Gasteiger partial charge in [0.25, 0.3) is 5.89 Å². The van der Waals surface area contributed by atoms with E-state index >= 15 is 0 Å². The molecule has 1 unspecified atom stereocenters. The Hall–Kier alpha value is -2.31. The standard InChI is InChI=1S/C17H19F2N3O2/c1-11-3-2-4-12(9-11)13-7-8-22(10-13)15(23)6-5-14-20-21-17(24-14)16(18)19/h2-4,9,13,16H,5-8,10H2,1H3. The van der Waals surface area contributed by atoms with Crippen LogP contribution in [0.2, 0.25) is 0 Å². The molecule has 128 valence electrons. The summed E-state index contributed by atoms with van der Waals surface area (Å²) >= 11 is 0. The third kappa shape index (κ3) is 3.77. The summed E-state index contributed by atoms with van der Waals surface area (Å²) in [5.74, 6) is -0.282. The van der Waals surface area contributed by atoms with Gasteiger partial charge in [-0.25, -0.2) is 0 Å². The number of hydrogen-bond donors (Lipinski definition) is 0. The van der Waals surface area contributed by atoms with Gasteiger partial charge >= 0.3 is 6.43 Å². The predicted octanol–water partition coefficient (Wildman–Crippen LogP) is 3.26. The summed E-state index contributed by atoms with van der Waals surface area (Å²) in [6.07, 6.45) is -1.48. The Balaban J connectivity index is 1.52. The summed E-state index contributed by atoms with van der Waals surface area (Å²) in [5.41, 5.74) is 2.47. The lowest BCUT2D eigenvalue weighted by molar-refractivity contribution is -0.130. The summed E-state index contributed by atoms with van der Waals surface area (Å²) in [6.45, 7) is 3.46. The highest BCUT2D eigenvalue weighted by Gasteiger charge is 2.27. The zero-order valence-corrected chi connectivity index (χ0v) is 13.4. The van der Waals surface area contributed by atoms with Gasteiger partial charge in [0.2, 0.25) is 11.8 Å². The predicted molar refractivity (Wildman–Crippen MR) is 82.7 cm³/mol. The van der Waals surface area contributed by atoms with E-state index in [-0.39, 0.29) is 24.6 Å². The fraction of sp³-hybridized carbons (Fsp3) is 0.471. The SMILES string of the molecule is Cc1cccc(C2CCN(C(=O)CCc3nnc(C(F)F)o3)C2)c1. The third-order valence-corrected chi connectivity index (χ3v) is 4.28. The summed E-state index contributed by atoms with van der Waals surface area (Å²) in [7, 11) is 0. The molecule has 1 saturated heterocycles. The molecule has 0 aliphatic carbocycles. The van der Waals surface area contributed by atoms with Crippen LogP contribution in [-0.2, 0) is 11.2 Å². The Morgan fingerprint density at radius 1 is 1.42 bits per heavy atom. The van der Waals surface area contributed by atoms with Gasteiger partial charge in [-0.2, -0.15) is 8.78 Å². The summed E-state index contributed by atoms with van der Waals surface area (Å²) in [6, 6.07) is 8.34. The molecule has 0 bridgehead atoms. The van der Waals surface area contributed by atoms with E-state index in [0.29, 0.717) is 19.0 Å². The van der Waals surface area contributed by atoms with Crippen molar-refractivity contribution in [1.82, 2.24) is 15.1 Å². The maximum atomic E-state index is 12.4. The molecule has 0 N–H and O–H groups in total. The van der Waals surface area contributed by atoms with Crippen molar-refractivity contribution in [2.75, 3.05) is 13.1 Å². The zero-order valence-electron chi connectivity index (χ0n) is 13.4. The van der Waals surface area contributed by atoms with Crippen molar-refractivity contribution in [3.63, 3.8) is 0 Å². The van der Waals surface area contributed by atoms with Crippen LogP contribution >= 0.6 is 0 Å². The summed E-state index contributed by atoms with van der Waals surface area (Å²) in [4.78, 5) is 14.1. The number of rotatable bonds is 5. The van der Waals surface area contributed by atoms with Crippen LogP contribution in [0.15, 0.2) is 28.7 Å². The van der Waals surface area contributed by atoms with Crippen molar-refractivity contribution in [3.8, 4) is 0 Å². The van der Waals surface area contributed by atoms with E-state index in [0.717, 1.165) is 6.42 Å². The van der Waals surface area contributed by atoms with Crippen molar-refractivity contribution in [1.29, 1.82) is 0 Å². The molecule has 1 aromatic carbocycles. The second kappa shape index (κ2) is 7.07. The number of carbonyl (C=O) groups excluding carboxylic acids is 1. The molecule has 1 atom stereocenters. The summed E-state index contributed by atoms with van der Waals surface area (Å²) < 4.78 is 29.6. The van der Waals surface area contributed by atoms with Crippen LogP contribution in [-0.4, -0.2) is 34.1 Å². The number of hydrogen-bond acceptors (Lipinski definition) is 4. The van der Waals surface area contributed by atoms with Crippen LogP contribution in [0.1, 0.15) is 48.1 Å². The minimum Gasteiger partial charge on any atom is -0.420 e. The Morgan fingerprint density at radius 2 is 2.25 bits per heavy atom. The number of alkyl halides is 2. The molecule has 0 radical (unpaired) electrons. The molecule has 7 heteroatoms. The first-order chi connectivity index (χ1) is 11.5. The average molecular weight is 335 g/mol. The molecular weight excluding hydrogens is 316 g/mol. The van der Waals surface area contributed by atoms with Crippen LogP contribution in [0.5, 0.6) is 0 Å². The van der Waals surface area contributed by atoms with Gasteiger partial charge in [-0.05, 0) is 18.9 Å². The van der Waals surface area contributed by atoms with E-state index in [1.165, 1.54) is 11.1 Å². The van der Waals surface area contributed by atoms with E-state index in [1.807, 2.05) is 11.0 Å². The first-order valence-corrected chi connectivity index (χ1v) is 7.97. The molecule has 1 aliphatic rings. The highest BCUT2D eigenvalue weighted by atomic mass is 19.3. The van der Waals surface area contributed by atoms with Crippen molar-refractivity contribution in [2.45, 2.75) is 38.5 Å². The Labute approximate surface area is 138 Å². The van der Waals surface area contributed by atoms with E-state index in [4.69, 9.17) is 4.42 Å². The largest absolute Gasteiger partial charge is 0.420 e. The molecule has 3 rings (SSSR count). The first-order valence-electron chi connectivity index (χ1n) is 7.97. The van der Waals surface area contributed by atoms with Crippen molar-refractivity contribution in [3.05, 3.63) is 47.2 Å². The fourth-order valence-corrected chi connectivity index (χ4v) is 3.01. The van der Waals surface area contributed by atoms with Gasteiger partial charge in [-0.3, -0.25) is 4.79 Å². The number of amides is 1. The number of carbonyl (C=O) groups is 1. The van der Waals surface area contributed by atoms with Gasteiger partial charge in [-0.1, -0.05) is 29.8 Å². The highest BCUT2D eigenvalue weighted by Crippen LogP contribution is 2.28. The number of aromatic nitrogens is 2. The normalized spacial score (nSPS) is 17.7. The lowest BCUT2D eigenvalue weighted by atomic mass is 9.97. The van der Waals surface area contributed by atoms with E-state index in [9.17, 15) is 13.6 Å². The Bertz CT molecular complexity index is 717. The second-order valence-corrected chi connectivity index (χ2v) is 6.07. The van der Waals surface area contributed by atoms with Crippen LogP contribution in [0.25, 0.3) is 0 Å². The number of halogens is 2. The molecule has 2 heterocycles. The van der Waals surface area contributed by atoms with Gasteiger partial charge in [0, 0.05) is 31.8 Å². The van der Waals surface area contributed by atoms with E-state index in [1.54, 1.807) is 0 Å². The molecule has 0 saturated carbocycles. The number of benzene rings is 1. The molecule has 2 aromatic rings. The number of aryl methyl sites for hydroxylation is 2. The summed E-state index contributed by atoms with van der Waals surface area (Å²) in [5, 5.41) is 6.80. The first kappa shape index (κ1) is 16.5. The quantitative estimate of drug-likeness (QED) is 0.841. The molecular formula is C17H19F2N3O2. The molecule has 5 nitrogen and oxygen atoms in total. The Kier molecular flexibility index (Phi) is 4.87. The van der Waals surface area contributed by atoms with Gasteiger partial charge < -0.3 is 9.32 Å². The van der Waals surface area contributed by atoms with Gasteiger partial charge in [0.05, 0.1) is 0 Å². The maximum absolute atomic E-state index is 12.4. The molecule has 0 spiro atoms. The van der Waals surface area contributed by atoms with Gasteiger partial charge in [-0.15, -0.1) is 10.2 Å². The lowest BCUT2D eigenvalue weighted by Crippen LogP contribution is -2.28. The molecule has 1 aromatic heterocycles. The molecule has 1 amide bonds. The Morgan fingerprint density at radius 3 is 2.96 bits per heavy atom. The molecule has 24 heavy (non-hydrogen) atoms. The van der Waals surface area contributed by atoms with Crippen molar-refractivity contribution < 1.29 is 18.0 Å². The lowest BCUT2D eigenvalue weighted by Gasteiger charge is -2.16. The smallest absolute Gasteiger partial charge is 0.314 e. The topological polar surface area (TPSA) is 59.2 Å². The number of likely N-dealkylation sites (tertiary alicyclic amines) is 1. The third-order valence-electron chi connectivity index (χ3n) is 4.28. The highest BCUT2D eigenvalue weighted by molar-refractivity contribution is 5.76. The minimum absolute atomic E-state index is 0.0121. The molecule has 1 fully saturated rings. The van der Waals surface area contributed by atoms with Gasteiger partial charge in [0.1, 0.15) is 0 Å². The fourth-order valence-electron chi connectivity index (χ4n) is 3.01. The van der Waals surface area contributed by atoms with Crippen LogP contribution in [0.3, 0.4) is 0 Å². The second-order valence-electron chi connectivity index (χ2n) is 6.07. The van der Waals surface area contributed by atoms with Crippen LogP contribution in [0, 0.1) is 6.92 Å². The zero-order chi connectivity index (χ0) is 17.1. The van der Waals surface area contributed by atoms with Crippen molar-refractivity contribution in [2.24, 2.45) is 0 Å². The van der Waals surface area contributed by atoms with Crippen LogP contribution < -0.4 is 0 Å². The molecule has 1 aliphatic heterocycles. The monoisotopic (exact) mass is 335 g/mol. The van der Waals surface area contributed by atoms with Gasteiger partial charge in [0.15, 0.2) is 0 Å². The van der Waals surface area contributed by atoms with Crippen LogP contribution in [0.4, 0.5) is 8.78 Å². The van der Waals surface area contributed by atoms with Crippen molar-refractivity contribution >= 4 is 5.91 Å². The number of nitrogens with zero attached hydrogens (tertiary/aromatic N) is 3.